The van der Waals surface area contributed by atoms with Gasteiger partial charge in [0.1, 0.15) is 5.82 Å². The lowest BCUT2D eigenvalue weighted by atomic mass is 10.1. The average Bonchev–Trinajstić information content (AvgIpc) is 2.38. The van der Waals surface area contributed by atoms with Gasteiger partial charge in [-0.05, 0) is 35.2 Å². The van der Waals surface area contributed by atoms with Gasteiger partial charge in [0, 0.05) is 25.4 Å². The monoisotopic (exact) mass is 316 g/mol. The maximum atomic E-state index is 8.99. The topological polar surface area (TPSA) is 70.1 Å². The molecule has 0 amide bonds. The first kappa shape index (κ1) is 15.2. The Bertz CT molecular complexity index is 362. The summed E-state index contributed by atoms with van der Waals surface area (Å²) in [5.74, 6) is 1.39. The molecule has 0 fully saturated rings. The molecule has 1 unspecified atom stereocenters. The van der Waals surface area contributed by atoms with Crippen molar-refractivity contribution in [2.24, 2.45) is 0 Å². The van der Waals surface area contributed by atoms with Crippen molar-refractivity contribution in [3.05, 3.63) is 10.7 Å². The van der Waals surface area contributed by atoms with Gasteiger partial charge in [0.25, 0.3) is 0 Å². The standard InChI is InChI=1S/C12H21BrN4O/c1-3-6-14-12-15-8-10(13)11(17-12)16-9(4-2)5-7-18/h8-9,18H,3-7H2,1-2H3,(H2,14,15,16,17). The molecule has 0 aromatic carbocycles. The van der Waals surface area contributed by atoms with E-state index in [1.165, 1.54) is 0 Å². The van der Waals surface area contributed by atoms with Crippen molar-refractivity contribution in [1.29, 1.82) is 0 Å². The van der Waals surface area contributed by atoms with Crippen LogP contribution in [0, 0.1) is 0 Å². The molecule has 1 aromatic heterocycles. The Morgan fingerprint density at radius 2 is 2.22 bits per heavy atom. The number of nitrogens with zero attached hydrogens (tertiary/aromatic N) is 2. The smallest absolute Gasteiger partial charge is 0.224 e. The lowest BCUT2D eigenvalue weighted by Gasteiger charge is -2.17. The highest BCUT2D eigenvalue weighted by Crippen LogP contribution is 2.22. The van der Waals surface area contributed by atoms with Crippen LogP contribution in [0.1, 0.15) is 33.1 Å². The molecule has 0 bridgehead atoms. The summed E-state index contributed by atoms with van der Waals surface area (Å²) in [6.07, 6.45) is 4.42. The van der Waals surface area contributed by atoms with Gasteiger partial charge in [-0.25, -0.2) is 4.98 Å². The van der Waals surface area contributed by atoms with Crippen LogP contribution in [-0.4, -0.2) is 34.3 Å². The number of aromatic nitrogens is 2. The van der Waals surface area contributed by atoms with Crippen LogP contribution in [0.15, 0.2) is 10.7 Å². The number of anilines is 2. The normalized spacial score (nSPS) is 12.2. The second-order valence-corrected chi connectivity index (χ2v) is 4.93. The van der Waals surface area contributed by atoms with Crippen LogP contribution < -0.4 is 10.6 Å². The van der Waals surface area contributed by atoms with Crippen molar-refractivity contribution in [1.82, 2.24) is 9.97 Å². The van der Waals surface area contributed by atoms with Crippen LogP contribution in [0.4, 0.5) is 11.8 Å². The summed E-state index contributed by atoms with van der Waals surface area (Å²) in [6.45, 7) is 5.21. The first-order valence-electron chi connectivity index (χ1n) is 6.35. The summed E-state index contributed by atoms with van der Waals surface area (Å²) in [7, 11) is 0. The molecule has 1 aromatic rings. The molecule has 0 saturated heterocycles. The van der Waals surface area contributed by atoms with Gasteiger partial charge in [-0.1, -0.05) is 13.8 Å². The second kappa shape index (κ2) is 8.26. The number of hydrogen-bond acceptors (Lipinski definition) is 5. The zero-order chi connectivity index (χ0) is 13.4. The van der Waals surface area contributed by atoms with E-state index in [0.717, 1.165) is 29.7 Å². The molecule has 0 aliphatic heterocycles. The first-order chi connectivity index (χ1) is 8.71. The molecule has 0 spiro atoms. The van der Waals surface area contributed by atoms with Crippen molar-refractivity contribution in [2.45, 2.75) is 39.2 Å². The highest BCUT2D eigenvalue weighted by Gasteiger charge is 2.10. The number of hydrogen-bond donors (Lipinski definition) is 3. The lowest BCUT2D eigenvalue weighted by Crippen LogP contribution is -2.21. The van der Waals surface area contributed by atoms with Crippen molar-refractivity contribution in [3.8, 4) is 0 Å². The molecule has 0 saturated carbocycles. The fraction of sp³-hybridized carbons (Fsp3) is 0.667. The van der Waals surface area contributed by atoms with Gasteiger partial charge in [-0.15, -0.1) is 0 Å². The number of halogens is 1. The summed E-state index contributed by atoms with van der Waals surface area (Å²) < 4.78 is 0.834. The molecule has 5 nitrogen and oxygen atoms in total. The van der Waals surface area contributed by atoms with Crippen molar-refractivity contribution in [2.75, 3.05) is 23.8 Å². The van der Waals surface area contributed by atoms with E-state index in [1.807, 2.05) is 0 Å². The van der Waals surface area contributed by atoms with Crippen LogP contribution in [0.2, 0.25) is 0 Å². The van der Waals surface area contributed by atoms with Crippen LogP contribution >= 0.6 is 15.9 Å². The summed E-state index contributed by atoms with van der Waals surface area (Å²) in [5, 5.41) is 15.5. The Hall–Kier alpha value is -0.880. The molecule has 1 heterocycles. The van der Waals surface area contributed by atoms with E-state index in [0.29, 0.717) is 12.4 Å². The van der Waals surface area contributed by atoms with Gasteiger partial charge >= 0.3 is 0 Å². The Labute approximate surface area is 117 Å². The number of nitrogens with one attached hydrogen (secondary N) is 2. The summed E-state index contributed by atoms with van der Waals surface area (Å²) in [4.78, 5) is 8.62. The number of rotatable bonds is 8. The Morgan fingerprint density at radius 1 is 1.44 bits per heavy atom. The zero-order valence-corrected chi connectivity index (χ0v) is 12.5. The predicted molar refractivity (Wildman–Crippen MR) is 77.9 cm³/mol. The number of aliphatic hydroxyl groups excluding tert-OH is 1. The molecule has 1 atom stereocenters. The third-order valence-electron chi connectivity index (χ3n) is 2.59. The molecular formula is C12H21BrN4O. The molecule has 6 heteroatoms. The highest BCUT2D eigenvalue weighted by molar-refractivity contribution is 9.10. The van der Waals surface area contributed by atoms with Crippen molar-refractivity contribution >= 4 is 27.7 Å². The first-order valence-corrected chi connectivity index (χ1v) is 7.14. The van der Waals surface area contributed by atoms with Crippen molar-refractivity contribution < 1.29 is 5.11 Å². The third kappa shape index (κ3) is 4.78. The van der Waals surface area contributed by atoms with E-state index in [1.54, 1.807) is 6.20 Å². The van der Waals surface area contributed by atoms with Crippen LogP contribution in [0.5, 0.6) is 0 Å². The maximum absolute atomic E-state index is 8.99. The fourth-order valence-electron chi connectivity index (χ4n) is 1.52. The van der Waals surface area contributed by atoms with Gasteiger partial charge in [0.05, 0.1) is 4.47 Å². The molecule has 1 rings (SSSR count). The summed E-state index contributed by atoms with van der Waals surface area (Å²) >= 11 is 3.43. The van der Waals surface area contributed by atoms with E-state index in [-0.39, 0.29) is 12.6 Å². The fourth-order valence-corrected chi connectivity index (χ4v) is 1.82. The third-order valence-corrected chi connectivity index (χ3v) is 3.17. The van der Waals surface area contributed by atoms with Crippen molar-refractivity contribution in [3.63, 3.8) is 0 Å². The van der Waals surface area contributed by atoms with E-state index in [9.17, 15) is 0 Å². The predicted octanol–water partition coefficient (Wildman–Crippen LogP) is 2.63. The Kier molecular flexibility index (Phi) is 6.97. The van der Waals surface area contributed by atoms with E-state index in [2.05, 4.69) is 50.4 Å². The van der Waals surface area contributed by atoms with Gasteiger partial charge in [0.15, 0.2) is 0 Å². The summed E-state index contributed by atoms with van der Waals surface area (Å²) in [6, 6.07) is 0.222. The van der Waals surface area contributed by atoms with Crippen LogP contribution in [-0.2, 0) is 0 Å². The Balaban J connectivity index is 2.73. The molecule has 102 valence electrons. The molecule has 0 radical (unpaired) electrons. The summed E-state index contributed by atoms with van der Waals surface area (Å²) in [5.41, 5.74) is 0. The maximum Gasteiger partial charge on any atom is 0.224 e. The minimum Gasteiger partial charge on any atom is -0.396 e. The quantitative estimate of drug-likeness (QED) is 0.687. The minimum atomic E-state index is 0.176. The molecule has 3 N–H and O–H groups in total. The largest absolute Gasteiger partial charge is 0.396 e. The van der Waals surface area contributed by atoms with Gasteiger partial charge in [-0.3, -0.25) is 0 Å². The number of aliphatic hydroxyl groups is 1. The lowest BCUT2D eigenvalue weighted by molar-refractivity contribution is 0.278. The van der Waals surface area contributed by atoms with Gasteiger partial charge in [-0.2, -0.15) is 4.98 Å². The average molecular weight is 317 g/mol. The minimum absolute atomic E-state index is 0.176. The second-order valence-electron chi connectivity index (χ2n) is 4.08. The SMILES string of the molecule is CCCNc1ncc(Br)c(NC(CC)CCO)n1. The molecular weight excluding hydrogens is 296 g/mol. The molecule has 0 aliphatic rings. The Morgan fingerprint density at radius 3 is 2.83 bits per heavy atom. The van der Waals surface area contributed by atoms with Crippen LogP contribution in [0.3, 0.4) is 0 Å². The van der Waals surface area contributed by atoms with E-state index < -0.39 is 0 Å². The van der Waals surface area contributed by atoms with Gasteiger partial charge in [0.2, 0.25) is 5.95 Å². The van der Waals surface area contributed by atoms with Crippen LogP contribution in [0.25, 0.3) is 0 Å². The highest BCUT2D eigenvalue weighted by atomic mass is 79.9. The van der Waals surface area contributed by atoms with E-state index >= 15 is 0 Å². The molecule has 0 aliphatic carbocycles. The zero-order valence-electron chi connectivity index (χ0n) is 10.9. The molecule has 18 heavy (non-hydrogen) atoms. The van der Waals surface area contributed by atoms with E-state index in [4.69, 9.17) is 5.11 Å². The van der Waals surface area contributed by atoms with Gasteiger partial charge < -0.3 is 15.7 Å².